The van der Waals surface area contributed by atoms with Crippen LogP contribution in [0.4, 0.5) is 0 Å². The Kier molecular flexibility index (Phi) is 4.18. The maximum atomic E-state index is 8.06. The van der Waals surface area contributed by atoms with Gasteiger partial charge < -0.3 is 5.48 Å². The largest absolute Gasteiger partial charge is 0.412 e. The van der Waals surface area contributed by atoms with E-state index in [1.54, 1.807) is 0 Å². The van der Waals surface area contributed by atoms with Gasteiger partial charge in [-0.3, -0.25) is 0 Å². The first kappa shape index (κ1) is 10.8. The molecule has 0 rings (SSSR count). The Morgan fingerprint density at radius 3 is 0.900 bits per heavy atom. The van der Waals surface area contributed by atoms with E-state index in [1.807, 2.05) is 0 Å². The molecule has 0 aliphatic heterocycles. The van der Waals surface area contributed by atoms with Gasteiger partial charge in [0.15, 0.2) is 0 Å². The van der Waals surface area contributed by atoms with Crippen LogP contribution < -0.4 is 0 Å². The zero-order valence-corrected chi connectivity index (χ0v) is 4.79. The molecule has 0 aliphatic rings. The van der Waals surface area contributed by atoms with Crippen LogP contribution in [0.3, 0.4) is 0 Å². The van der Waals surface area contributed by atoms with Crippen molar-refractivity contribution in [1.29, 1.82) is 21.0 Å². The molecule has 2 N–H and O–H groups in total. The highest BCUT2D eigenvalue weighted by atomic mass is 16.0. The standard InChI is InChI=1S/C5N4.H2O/c6-1-5(2-7,3-8)4-9;/h;1H2. The normalized spacial score (nSPS) is 6.80. The number of hydrogen-bond donors (Lipinski definition) is 0. The van der Waals surface area contributed by atoms with Crippen molar-refractivity contribution < 1.29 is 5.48 Å². The Morgan fingerprint density at radius 2 is 0.900 bits per heavy atom. The quantitative estimate of drug-likeness (QED) is 0.431. The second-order valence-corrected chi connectivity index (χ2v) is 1.20. The van der Waals surface area contributed by atoms with Crippen LogP contribution >= 0.6 is 0 Å². The Labute approximate surface area is 57.3 Å². The summed E-state index contributed by atoms with van der Waals surface area (Å²) < 4.78 is 0. The number of rotatable bonds is 0. The third-order valence-electron chi connectivity index (χ3n) is 0.671. The molecule has 0 saturated carbocycles. The van der Waals surface area contributed by atoms with E-state index in [0.717, 1.165) is 0 Å². The van der Waals surface area contributed by atoms with Crippen molar-refractivity contribution in [1.82, 2.24) is 0 Å². The van der Waals surface area contributed by atoms with Gasteiger partial charge in [0, 0.05) is 0 Å². The molecule has 0 aliphatic carbocycles. The summed E-state index contributed by atoms with van der Waals surface area (Å²) >= 11 is 0. The molecule has 0 amide bonds. The van der Waals surface area contributed by atoms with Gasteiger partial charge in [-0.1, -0.05) is 0 Å². The van der Waals surface area contributed by atoms with Gasteiger partial charge in [0.1, 0.15) is 24.3 Å². The van der Waals surface area contributed by atoms with Crippen LogP contribution in [0.25, 0.3) is 0 Å². The van der Waals surface area contributed by atoms with Gasteiger partial charge in [0.2, 0.25) is 0 Å². The van der Waals surface area contributed by atoms with E-state index in [4.69, 9.17) is 21.0 Å². The fourth-order valence-corrected chi connectivity index (χ4v) is 0.150. The summed E-state index contributed by atoms with van der Waals surface area (Å²) in [4.78, 5) is 0. The molecule has 0 unspecified atom stereocenters. The Hall–Kier alpha value is -2.08. The van der Waals surface area contributed by atoms with Gasteiger partial charge in [-0.15, -0.1) is 0 Å². The van der Waals surface area contributed by atoms with Crippen LogP contribution in [-0.4, -0.2) is 5.48 Å². The molecule has 48 valence electrons. The minimum Gasteiger partial charge on any atom is -0.412 e. The van der Waals surface area contributed by atoms with Crippen molar-refractivity contribution in [2.75, 3.05) is 0 Å². The highest BCUT2D eigenvalue weighted by molar-refractivity contribution is 5.35. The summed E-state index contributed by atoms with van der Waals surface area (Å²) in [5.74, 6) is 0. The van der Waals surface area contributed by atoms with E-state index >= 15 is 0 Å². The van der Waals surface area contributed by atoms with E-state index in [-0.39, 0.29) is 5.48 Å². The maximum Gasteiger partial charge on any atom is 0.312 e. The first-order valence-electron chi connectivity index (χ1n) is 1.89. The molecule has 0 saturated heterocycles. The molecule has 0 bridgehead atoms. The molecule has 5 nitrogen and oxygen atoms in total. The lowest BCUT2D eigenvalue weighted by molar-refractivity contribution is 0.824. The van der Waals surface area contributed by atoms with Gasteiger partial charge >= 0.3 is 5.41 Å². The van der Waals surface area contributed by atoms with Gasteiger partial charge in [0.05, 0.1) is 0 Å². The fourth-order valence-electron chi connectivity index (χ4n) is 0.150. The predicted octanol–water partition coefficient (Wildman–Crippen LogP) is -0.758. The molecule has 0 spiro atoms. The van der Waals surface area contributed by atoms with Crippen LogP contribution in [0.5, 0.6) is 0 Å². The average molecular weight is 134 g/mol. The monoisotopic (exact) mass is 134 g/mol. The molecular formula is C5H2N4O. The van der Waals surface area contributed by atoms with Crippen LogP contribution in [0.1, 0.15) is 0 Å². The third kappa shape index (κ3) is 1.46. The zero-order valence-electron chi connectivity index (χ0n) is 4.79. The molecule has 0 fully saturated rings. The highest BCUT2D eigenvalue weighted by Crippen LogP contribution is 2.09. The van der Waals surface area contributed by atoms with Crippen LogP contribution in [0.2, 0.25) is 0 Å². The van der Waals surface area contributed by atoms with Crippen LogP contribution in [-0.2, 0) is 0 Å². The van der Waals surface area contributed by atoms with Gasteiger partial charge in [-0.25, -0.2) is 0 Å². The zero-order chi connectivity index (χ0) is 7.33. The Morgan fingerprint density at radius 1 is 0.700 bits per heavy atom. The Balaban J connectivity index is 0. The minimum atomic E-state index is -2.11. The van der Waals surface area contributed by atoms with E-state index in [0.29, 0.717) is 0 Å². The van der Waals surface area contributed by atoms with Gasteiger partial charge in [0.25, 0.3) is 0 Å². The van der Waals surface area contributed by atoms with E-state index in [9.17, 15) is 0 Å². The predicted molar refractivity (Wildman–Crippen MR) is 28.5 cm³/mol. The Bertz CT molecular complexity index is 206. The second-order valence-electron chi connectivity index (χ2n) is 1.20. The van der Waals surface area contributed by atoms with Gasteiger partial charge in [-0.05, 0) is 0 Å². The molecular weight excluding hydrogens is 132 g/mol. The van der Waals surface area contributed by atoms with Crippen molar-refractivity contribution in [3.8, 4) is 24.3 Å². The van der Waals surface area contributed by atoms with Crippen molar-refractivity contribution in [3.63, 3.8) is 0 Å². The molecule has 5 heteroatoms. The van der Waals surface area contributed by atoms with Crippen molar-refractivity contribution in [2.45, 2.75) is 0 Å². The molecule has 0 aromatic heterocycles. The topological polar surface area (TPSA) is 127 Å². The fraction of sp³-hybridized carbons (Fsp3) is 0.200. The van der Waals surface area contributed by atoms with Crippen LogP contribution in [0.15, 0.2) is 0 Å². The number of nitriles is 4. The smallest absolute Gasteiger partial charge is 0.312 e. The molecule has 0 aromatic carbocycles. The minimum absolute atomic E-state index is 0. The summed E-state index contributed by atoms with van der Waals surface area (Å²) in [5.41, 5.74) is -2.11. The lowest BCUT2D eigenvalue weighted by Gasteiger charge is -1.89. The highest BCUT2D eigenvalue weighted by Gasteiger charge is 2.28. The van der Waals surface area contributed by atoms with Gasteiger partial charge in [-0.2, -0.15) is 21.0 Å². The molecule has 0 aromatic rings. The third-order valence-corrected chi connectivity index (χ3v) is 0.671. The summed E-state index contributed by atoms with van der Waals surface area (Å²) in [6.07, 6.45) is 0. The van der Waals surface area contributed by atoms with Crippen molar-refractivity contribution in [2.24, 2.45) is 5.41 Å². The second kappa shape index (κ2) is 3.87. The average Bonchev–Trinajstić information content (AvgIpc) is 1.95. The summed E-state index contributed by atoms with van der Waals surface area (Å²) in [6.45, 7) is 0. The number of hydrogen-bond acceptors (Lipinski definition) is 4. The maximum absolute atomic E-state index is 8.06. The molecule has 0 atom stereocenters. The first-order chi connectivity index (χ1) is 4.24. The first-order valence-corrected chi connectivity index (χ1v) is 1.89. The summed E-state index contributed by atoms with van der Waals surface area (Å²) in [6, 6.07) is 5.12. The van der Waals surface area contributed by atoms with Crippen molar-refractivity contribution >= 4 is 0 Å². The molecule has 10 heavy (non-hydrogen) atoms. The van der Waals surface area contributed by atoms with Crippen LogP contribution in [0, 0.1) is 50.7 Å². The summed E-state index contributed by atoms with van der Waals surface area (Å²) in [5, 5.41) is 32.2. The molecule has 0 radical (unpaired) electrons. The van der Waals surface area contributed by atoms with E-state index in [2.05, 4.69) is 0 Å². The van der Waals surface area contributed by atoms with Crippen molar-refractivity contribution in [3.05, 3.63) is 0 Å². The molecule has 0 heterocycles. The van der Waals surface area contributed by atoms with E-state index < -0.39 is 5.41 Å². The lowest BCUT2D eigenvalue weighted by atomic mass is 9.97. The SMILES string of the molecule is N#CC(C#N)(C#N)C#N.O. The lowest BCUT2D eigenvalue weighted by Crippen LogP contribution is -2.08. The number of nitrogens with zero attached hydrogens (tertiary/aromatic N) is 4. The van der Waals surface area contributed by atoms with E-state index in [1.165, 1.54) is 24.3 Å². The summed E-state index contributed by atoms with van der Waals surface area (Å²) in [7, 11) is 0.